The van der Waals surface area contributed by atoms with Gasteiger partial charge in [0.2, 0.25) is 5.91 Å². The fourth-order valence-electron chi connectivity index (χ4n) is 10.2. The molecule has 1 amide bonds. The molecule has 2 N–H and O–H groups in total. The van der Waals surface area contributed by atoms with Crippen molar-refractivity contribution in [3.05, 3.63) is 58.9 Å². The molecule has 3 saturated carbocycles. The van der Waals surface area contributed by atoms with E-state index in [0.29, 0.717) is 30.6 Å². The van der Waals surface area contributed by atoms with Crippen LogP contribution in [0.25, 0.3) is 0 Å². The lowest BCUT2D eigenvalue weighted by Crippen LogP contribution is -2.50. The Morgan fingerprint density at radius 2 is 1.68 bits per heavy atom. The predicted molar refractivity (Wildman–Crippen MR) is 162 cm³/mol. The molecule has 8 heteroatoms. The van der Waals surface area contributed by atoms with E-state index < -0.39 is 23.8 Å². The Balaban J connectivity index is 1.34. The van der Waals surface area contributed by atoms with Crippen LogP contribution in [0.15, 0.2) is 53.3 Å². The number of carboxylic acids is 1. The Morgan fingerprint density at radius 1 is 0.955 bits per heavy atom. The second kappa shape index (κ2) is 11.5. The molecule has 0 heterocycles. The highest BCUT2D eigenvalue weighted by molar-refractivity contribution is 5.86. The maximum absolute atomic E-state index is 13.9. The van der Waals surface area contributed by atoms with Crippen LogP contribution in [0, 0.1) is 46.3 Å². The third-order valence-electron chi connectivity index (χ3n) is 12.0. The van der Waals surface area contributed by atoms with Gasteiger partial charge in [-0.05, 0) is 84.2 Å². The molecule has 0 aromatic heterocycles. The monoisotopic (exact) mass is 603 g/mol. The van der Waals surface area contributed by atoms with Crippen molar-refractivity contribution in [3.63, 3.8) is 0 Å². The molecule has 5 aliphatic rings. The molecule has 0 bridgehead atoms. The first-order chi connectivity index (χ1) is 20.9. The second-order valence-electron chi connectivity index (χ2n) is 14.3. The first-order valence-corrected chi connectivity index (χ1v) is 16.3. The van der Waals surface area contributed by atoms with Gasteiger partial charge < -0.3 is 19.9 Å². The normalized spacial score (nSPS) is 37.4. The van der Waals surface area contributed by atoms with Crippen LogP contribution in [0.2, 0.25) is 0 Å². The smallest absolute Gasteiger partial charge is 0.307 e. The number of esters is 2. The minimum atomic E-state index is -1.03. The van der Waals surface area contributed by atoms with Crippen LogP contribution >= 0.6 is 0 Å². The zero-order valence-corrected chi connectivity index (χ0v) is 26.3. The van der Waals surface area contributed by atoms with Gasteiger partial charge in [-0.25, -0.2) is 0 Å². The molecular weight excluding hydrogens is 558 g/mol. The predicted octanol–water partition coefficient (Wildman–Crippen LogP) is 5.96. The lowest BCUT2D eigenvalue weighted by molar-refractivity contribution is -0.151. The molecule has 5 aliphatic carbocycles. The standard InChI is InChI=1S/C36H45NO7/c1-20(38)43-24-12-14-35(3)23(16-24)10-11-25-28(35)13-15-36(4)29(25)17-26-31(33(40)37-19-22-8-6-5-7-9-22)27(34(41)42)18-30(32(26)36)44-21(2)39/h5-10,24-29,31H,11-19H2,1-4H3,(H,37,40)(H,41,42)/t24-,25-,26-,27+,28+,29+,31-,35+,36+/m1/s1. The minimum Gasteiger partial charge on any atom is -0.481 e. The number of fused-ring (bicyclic) bond motifs is 7. The quantitative estimate of drug-likeness (QED) is 0.304. The number of carboxylic acid groups (broad SMARTS) is 1. The molecule has 0 saturated heterocycles. The summed E-state index contributed by atoms with van der Waals surface area (Å²) >= 11 is 0. The molecule has 0 aliphatic heterocycles. The van der Waals surface area contributed by atoms with Crippen LogP contribution in [0.3, 0.4) is 0 Å². The molecule has 1 aromatic carbocycles. The van der Waals surface area contributed by atoms with E-state index in [9.17, 15) is 24.3 Å². The van der Waals surface area contributed by atoms with Crippen molar-refractivity contribution in [3.8, 4) is 0 Å². The van der Waals surface area contributed by atoms with E-state index in [4.69, 9.17) is 9.47 Å². The van der Waals surface area contributed by atoms with Gasteiger partial charge in [-0.3, -0.25) is 19.2 Å². The fraction of sp³-hybridized carbons (Fsp3) is 0.611. The Bertz CT molecular complexity index is 1410. The van der Waals surface area contributed by atoms with E-state index >= 15 is 0 Å². The number of aliphatic carboxylic acids is 1. The van der Waals surface area contributed by atoms with Gasteiger partial charge in [0.05, 0.1) is 11.8 Å². The van der Waals surface area contributed by atoms with Crippen molar-refractivity contribution >= 4 is 23.8 Å². The number of hydrogen-bond acceptors (Lipinski definition) is 6. The average Bonchev–Trinajstić information content (AvgIpc) is 3.29. The summed E-state index contributed by atoms with van der Waals surface area (Å²) in [6.07, 6.45) is 8.52. The summed E-state index contributed by atoms with van der Waals surface area (Å²) in [6, 6.07) is 9.64. The topological polar surface area (TPSA) is 119 Å². The highest BCUT2D eigenvalue weighted by Crippen LogP contribution is 2.70. The van der Waals surface area contributed by atoms with Gasteiger partial charge >= 0.3 is 17.9 Å². The van der Waals surface area contributed by atoms with Crippen LogP contribution in [0.4, 0.5) is 0 Å². The van der Waals surface area contributed by atoms with Crippen molar-refractivity contribution in [2.24, 2.45) is 46.3 Å². The number of amides is 1. The van der Waals surface area contributed by atoms with E-state index in [-0.39, 0.29) is 47.1 Å². The van der Waals surface area contributed by atoms with Crippen molar-refractivity contribution in [1.29, 1.82) is 0 Å². The first kappa shape index (κ1) is 30.6. The van der Waals surface area contributed by atoms with Crippen LogP contribution < -0.4 is 5.32 Å². The average molecular weight is 604 g/mol. The Labute approximate surface area is 259 Å². The lowest BCUT2D eigenvalue weighted by atomic mass is 9.47. The zero-order valence-electron chi connectivity index (χ0n) is 26.3. The van der Waals surface area contributed by atoms with Crippen molar-refractivity contribution in [1.82, 2.24) is 5.32 Å². The SMILES string of the molecule is CC(=O)OC1=C2[C@H](C[C@H]3[C@@H]4CC=C5C[C@H](OC(C)=O)CC[C@]5(C)[C@H]4CC[C@]23C)[C@@H](C(=O)NCc2ccccc2)[C@@H](C(=O)O)C1. The van der Waals surface area contributed by atoms with Crippen LogP contribution in [0.1, 0.15) is 84.6 Å². The Hall–Kier alpha value is -3.42. The van der Waals surface area contributed by atoms with Crippen LogP contribution in [-0.2, 0) is 35.2 Å². The molecule has 3 fully saturated rings. The molecule has 0 unspecified atom stereocenters. The summed E-state index contributed by atoms with van der Waals surface area (Å²) in [7, 11) is 0. The molecule has 0 radical (unpaired) electrons. The first-order valence-electron chi connectivity index (χ1n) is 16.3. The number of carbonyl (C=O) groups excluding carboxylic acids is 3. The largest absolute Gasteiger partial charge is 0.481 e. The molecule has 6 rings (SSSR count). The molecule has 9 atom stereocenters. The summed E-state index contributed by atoms with van der Waals surface area (Å²) in [5.74, 6) is -2.43. The number of carbonyl (C=O) groups is 4. The van der Waals surface area contributed by atoms with Gasteiger partial charge in [0, 0.05) is 33.2 Å². The minimum absolute atomic E-state index is 0.0256. The molecular formula is C36H45NO7. The molecule has 1 aromatic rings. The van der Waals surface area contributed by atoms with Gasteiger partial charge in [-0.1, -0.05) is 55.8 Å². The third kappa shape index (κ3) is 5.18. The van der Waals surface area contributed by atoms with Crippen LogP contribution in [0.5, 0.6) is 0 Å². The zero-order chi connectivity index (χ0) is 31.4. The van der Waals surface area contributed by atoms with Gasteiger partial charge in [0.15, 0.2) is 0 Å². The van der Waals surface area contributed by atoms with Crippen molar-refractivity contribution in [2.45, 2.75) is 91.7 Å². The molecule has 44 heavy (non-hydrogen) atoms. The van der Waals surface area contributed by atoms with Crippen molar-refractivity contribution < 1.29 is 33.8 Å². The summed E-state index contributed by atoms with van der Waals surface area (Å²) < 4.78 is 11.4. The van der Waals surface area contributed by atoms with Crippen LogP contribution in [-0.4, -0.2) is 35.0 Å². The lowest BCUT2D eigenvalue weighted by Gasteiger charge is -2.57. The molecule has 236 valence electrons. The number of ether oxygens (including phenoxy) is 2. The maximum Gasteiger partial charge on any atom is 0.307 e. The summed E-state index contributed by atoms with van der Waals surface area (Å²) in [4.78, 5) is 50.6. The van der Waals surface area contributed by atoms with E-state index in [1.54, 1.807) is 0 Å². The third-order valence-corrected chi connectivity index (χ3v) is 12.0. The summed E-state index contributed by atoms with van der Waals surface area (Å²) in [6.45, 7) is 7.82. The molecule has 8 nitrogen and oxygen atoms in total. The number of benzene rings is 1. The van der Waals surface area contributed by atoms with Crippen molar-refractivity contribution in [2.75, 3.05) is 0 Å². The Morgan fingerprint density at radius 3 is 2.36 bits per heavy atom. The maximum atomic E-state index is 13.9. The van der Waals surface area contributed by atoms with Gasteiger partial charge in [0.1, 0.15) is 11.9 Å². The fourth-order valence-corrected chi connectivity index (χ4v) is 10.2. The number of allylic oxidation sites excluding steroid dienone is 3. The van der Waals surface area contributed by atoms with E-state index in [2.05, 4.69) is 25.2 Å². The summed E-state index contributed by atoms with van der Waals surface area (Å²) in [5.41, 5.74) is 3.11. The second-order valence-corrected chi connectivity index (χ2v) is 14.3. The highest BCUT2D eigenvalue weighted by atomic mass is 16.5. The number of nitrogens with one attached hydrogen (secondary N) is 1. The van der Waals surface area contributed by atoms with Gasteiger partial charge in [-0.15, -0.1) is 0 Å². The number of rotatable bonds is 6. The number of hydrogen-bond donors (Lipinski definition) is 2. The van der Waals surface area contributed by atoms with E-state index in [1.165, 1.54) is 19.4 Å². The molecule has 0 spiro atoms. The van der Waals surface area contributed by atoms with Gasteiger partial charge in [-0.2, -0.15) is 0 Å². The van der Waals surface area contributed by atoms with Gasteiger partial charge in [0.25, 0.3) is 0 Å². The Kier molecular flexibility index (Phi) is 8.00. The van der Waals surface area contributed by atoms with E-state index in [0.717, 1.165) is 49.7 Å². The highest BCUT2D eigenvalue weighted by Gasteiger charge is 2.64. The summed E-state index contributed by atoms with van der Waals surface area (Å²) in [5, 5.41) is 13.4. The van der Waals surface area contributed by atoms with E-state index in [1.807, 2.05) is 30.3 Å².